The zero-order chi connectivity index (χ0) is 10.9. The second kappa shape index (κ2) is 4.19. The van der Waals surface area contributed by atoms with E-state index >= 15 is 0 Å². The Balaban J connectivity index is 4.80. The van der Waals surface area contributed by atoms with Crippen molar-refractivity contribution in [2.45, 2.75) is 25.4 Å². The molecule has 0 saturated heterocycles. The molecule has 5 N–H and O–H groups in total. The average molecular weight is 233 g/mol. The molecule has 0 bridgehead atoms. The molecule has 0 aliphatic carbocycles. The number of nitrogens with one attached hydrogen (secondary N) is 1. The van der Waals surface area contributed by atoms with E-state index in [0.717, 1.165) is 0 Å². The molecule has 0 spiro atoms. The van der Waals surface area contributed by atoms with Gasteiger partial charge in [0.05, 0.1) is 0 Å². The minimum absolute atomic E-state index is 0.426. The maximum Gasteiger partial charge on any atom is 0.354 e. The van der Waals surface area contributed by atoms with Crippen molar-refractivity contribution in [1.29, 1.82) is 0 Å². The summed E-state index contributed by atoms with van der Waals surface area (Å²) in [5.41, 5.74) is -2.11. The highest BCUT2D eigenvalue weighted by Gasteiger charge is 2.43. The first-order valence-corrected chi connectivity index (χ1v) is 6.78. The van der Waals surface area contributed by atoms with E-state index in [4.69, 9.17) is 19.6 Å². The molecule has 9 heteroatoms. The minimum Gasteiger partial charge on any atom is -0.323 e. The Morgan fingerprint density at radius 3 is 1.38 bits per heavy atom. The second-order valence-electron chi connectivity index (χ2n) is 2.87. The summed E-state index contributed by atoms with van der Waals surface area (Å²) in [6.45, 7) is 3.05. The van der Waals surface area contributed by atoms with Crippen LogP contribution in [-0.4, -0.2) is 31.1 Å². The quantitative estimate of drug-likeness (QED) is 0.419. The normalized spacial score (nSPS) is 14.2. The highest BCUT2D eigenvalue weighted by molar-refractivity contribution is 7.70. The lowest BCUT2D eigenvalue weighted by Crippen LogP contribution is -2.34. The van der Waals surface area contributed by atoms with Gasteiger partial charge in [0.15, 0.2) is 0 Å². The molecule has 0 aromatic rings. The van der Waals surface area contributed by atoms with Crippen molar-refractivity contribution in [2.75, 3.05) is 0 Å². The molecule has 0 aliphatic rings. The average Bonchev–Trinajstić information content (AvgIpc) is 1.77. The highest BCUT2D eigenvalue weighted by atomic mass is 31.2. The van der Waals surface area contributed by atoms with Gasteiger partial charge in [-0.2, -0.15) is 0 Å². The van der Waals surface area contributed by atoms with Crippen molar-refractivity contribution < 1.29 is 28.7 Å². The molecule has 0 aliphatic heterocycles. The number of hydrogen-bond donors (Lipinski definition) is 5. The maximum absolute atomic E-state index is 10.7. The van der Waals surface area contributed by atoms with Crippen LogP contribution < -0.4 is 5.32 Å². The molecule has 0 saturated carbocycles. The fourth-order valence-corrected chi connectivity index (χ4v) is 3.24. The predicted molar refractivity (Wildman–Crippen MR) is 46.1 cm³/mol. The van der Waals surface area contributed by atoms with Crippen molar-refractivity contribution in [1.82, 2.24) is 5.32 Å². The Hall–Kier alpha value is 0.260. The van der Waals surface area contributed by atoms with Gasteiger partial charge in [0, 0.05) is 6.04 Å². The molecule has 0 unspecified atom stereocenters. The lowest BCUT2D eigenvalue weighted by molar-refractivity contribution is 0.323. The van der Waals surface area contributed by atoms with E-state index in [9.17, 15) is 9.13 Å². The monoisotopic (exact) mass is 233 g/mol. The Bertz CT molecular complexity index is 231. The molecule has 0 fully saturated rings. The van der Waals surface area contributed by atoms with Crippen molar-refractivity contribution in [3.05, 3.63) is 0 Å². The Kier molecular flexibility index (Phi) is 4.27. The molecule has 0 radical (unpaired) electrons. The summed E-state index contributed by atoms with van der Waals surface area (Å²) in [4.78, 5) is 34.5. The molecule has 7 nitrogen and oxygen atoms in total. The summed E-state index contributed by atoms with van der Waals surface area (Å²) in [6, 6.07) is -0.426. The van der Waals surface area contributed by atoms with Gasteiger partial charge in [-0.25, -0.2) is 0 Å². The lowest BCUT2D eigenvalue weighted by atomic mass is 10.4. The molecular formula is C4H13NO6P2. The van der Waals surface area contributed by atoms with E-state index < -0.39 is 26.8 Å². The molecule has 0 aromatic carbocycles. The summed E-state index contributed by atoms with van der Waals surface area (Å²) in [5.74, 6) is 0. The molecule has 0 atom stereocenters. The maximum atomic E-state index is 10.7. The van der Waals surface area contributed by atoms with Gasteiger partial charge in [-0.3, -0.25) is 14.4 Å². The standard InChI is InChI=1S/C4H13NO6P2/c1-3(2)5-4(12(6,7)8)13(9,10)11/h3-5H,1-2H3,(H2,6,7,8)(H2,9,10,11). The highest BCUT2D eigenvalue weighted by Crippen LogP contribution is 2.58. The van der Waals surface area contributed by atoms with Gasteiger partial charge in [0.2, 0.25) is 5.52 Å². The molecule has 13 heavy (non-hydrogen) atoms. The smallest absolute Gasteiger partial charge is 0.323 e. The fourth-order valence-electron chi connectivity index (χ4n) is 0.688. The summed E-state index contributed by atoms with van der Waals surface area (Å²) in [5, 5.41) is 2.13. The number of hydrogen-bond acceptors (Lipinski definition) is 3. The van der Waals surface area contributed by atoms with E-state index in [2.05, 4.69) is 5.32 Å². The molecule has 80 valence electrons. The van der Waals surface area contributed by atoms with Gasteiger partial charge in [-0.15, -0.1) is 0 Å². The fraction of sp³-hybridized carbons (Fsp3) is 1.00. The van der Waals surface area contributed by atoms with Gasteiger partial charge in [0.25, 0.3) is 0 Å². The van der Waals surface area contributed by atoms with Crippen molar-refractivity contribution >= 4 is 15.2 Å². The van der Waals surface area contributed by atoms with E-state index in [1.54, 1.807) is 0 Å². The third-order valence-electron chi connectivity index (χ3n) is 1.12. The minimum atomic E-state index is -4.83. The van der Waals surface area contributed by atoms with E-state index in [-0.39, 0.29) is 0 Å². The first-order valence-electron chi connectivity index (χ1n) is 3.41. The largest absolute Gasteiger partial charge is 0.354 e. The van der Waals surface area contributed by atoms with Gasteiger partial charge in [0.1, 0.15) is 0 Å². The number of rotatable bonds is 4. The lowest BCUT2D eigenvalue weighted by Gasteiger charge is -2.22. The molecule has 0 rings (SSSR count). The van der Waals surface area contributed by atoms with Crippen LogP contribution in [0.1, 0.15) is 13.8 Å². The van der Waals surface area contributed by atoms with Crippen molar-refractivity contribution in [2.24, 2.45) is 0 Å². The molecular weight excluding hydrogens is 220 g/mol. The van der Waals surface area contributed by atoms with Crippen LogP contribution >= 0.6 is 15.2 Å². The van der Waals surface area contributed by atoms with Crippen molar-refractivity contribution in [3.8, 4) is 0 Å². The second-order valence-corrected chi connectivity index (χ2v) is 6.67. The van der Waals surface area contributed by atoms with E-state index in [0.29, 0.717) is 0 Å². The van der Waals surface area contributed by atoms with Crippen LogP contribution in [0.4, 0.5) is 0 Å². The molecule has 0 aromatic heterocycles. The predicted octanol–water partition coefficient (Wildman–Crippen LogP) is -0.377. The van der Waals surface area contributed by atoms with E-state index in [1.807, 2.05) is 0 Å². The van der Waals surface area contributed by atoms with Crippen LogP contribution in [0.25, 0.3) is 0 Å². The first kappa shape index (κ1) is 13.3. The first-order chi connectivity index (χ1) is 5.55. The Morgan fingerprint density at radius 2 is 1.31 bits per heavy atom. The van der Waals surface area contributed by atoms with Gasteiger partial charge >= 0.3 is 15.2 Å². The van der Waals surface area contributed by atoms with Crippen LogP contribution in [0.3, 0.4) is 0 Å². The summed E-state index contributed by atoms with van der Waals surface area (Å²) in [6.07, 6.45) is 0. The van der Waals surface area contributed by atoms with Gasteiger partial charge in [-0.1, -0.05) is 0 Å². The topological polar surface area (TPSA) is 127 Å². The SMILES string of the molecule is CC(C)NC(P(=O)(O)O)P(=O)(O)O. The van der Waals surface area contributed by atoms with Crippen LogP contribution in [0.2, 0.25) is 0 Å². The van der Waals surface area contributed by atoms with Crippen molar-refractivity contribution in [3.63, 3.8) is 0 Å². The van der Waals surface area contributed by atoms with E-state index in [1.165, 1.54) is 13.8 Å². The third kappa shape index (κ3) is 4.88. The van der Waals surface area contributed by atoms with Gasteiger partial charge < -0.3 is 19.6 Å². The van der Waals surface area contributed by atoms with Crippen LogP contribution in [-0.2, 0) is 9.13 Å². The summed E-state index contributed by atoms with van der Waals surface area (Å²) < 4.78 is 21.3. The molecule has 0 amide bonds. The van der Waals surface area contributed by atoms with Crippen LogP contribution in [0.15, 0.2) is 0 Å². The third-order valence-corrected chi connectivity index (χ3v) is 4.50. The zero-order valence-corrected chi connectivity index (χ0v) is 8.94. The Labute approximate surface area is 75.5 Å². The van der Waals surface area contributed by atoms with Crippen LogP contribution in [0.5, 0.6) is 0 Å². The summed E-state index contributed by atoms with van der Waals surface area (Å²) >= 11 is 0. The summed E-state index contributed by atoms with van der Waals surface area (Å²) in [7, 11) is -9.65. The zero-order valence-electron chi connectivity index (χ0n) is 7.15. The Morgan fingerprint density at radius 1 is 1.00 bits per heavy atom. The van der Waals surface area contributed by atoms with Crippen LogP contribution in [0, 0.1) is 0 Å². The van der Waals surface area contributed by atoms with Gasteiger partial charge in [-0.05, 0) is 13.8 Å². The molecule has 0 heterocycles.